The highest BCUT2D eigenvalue weighted by atomic mass is 35.5. The SMILES string of the molecule is Cl.O=C(NCc1ccc(OCCO)cc1)C1CC(F)(F)CN1. The second-order valence-electron chi connectivity index (χ2n) is 4.93. The van der Waals surface area contributed by atoms with Crippen molar-refractivity contribution in [2.75, 3.05) is 19.8 Å². The smallest absolute Gasteiger partial charge is 0.262 e. The lowest BCUT2D eigenvalue weighted by molar-refractivity contribution is -0.123. The average molecular weight is 337 g/mol. The Morgan fingerprint density at radius 2 is 2.09 bits per heavy atom. The Kier molecular flexibility index (Phi) is 6.99. The highest BCUT2D eigenvalue weighted by molar-refractivity contribution is 5.85. The summed E-state index contributed by atoms with van der Waals surface area (Å²) in [6, 6.07) is 6.14. The molecule has 0 radical (unpaired) electrons. The third-order valence-corrected chi connectivity index (χ3v) is 3.18. The monoisotopic (exact) mass is 336 g/mol. The summed E-state index contributed by atoms with van der Waals surface area (Å²) in [6.45, 7) is -0.0285. The molecule has 8 heteroatoms. The fraction of sp³-hybridized carbons (Fsp3) is 0.500. The minimum atomic E-state index is -2.81. The van der Waals surface area contributed by atoms with Crippen molar-refractivity contribution < 1.29 is 23.4 Å². The number of nitrogens with one attached hydrogen (secondary N) is 2. The molecule has 0 saturated carbocycles. The number of rotatable bonds is 6. The highest BCUT2D eigenvalue weighted by Gasteiger charge is 2.42. The number of alkyl halides is 2. The van der Waals surface area contributed by atoms with Crippen molar-refractivity contribution in [1.29, 1.82) is 0 Å². The fourth-order valence-electron chi connectivity index (χ4n) is 2.08. The summed E-state index contributed by atoms with van der Waals surface area (Å²) in [5.74, 6) is -2.61. The van der Waals surface area contributed by atoms with E-state index in [1.807, 2.05) is 0 Å². The van der Waals surface area contributed by atoms with Gasteiger partial charge in [0.15, 0.2) is 0 Å². The Morgan fingerprint density at radius 3 is 2.64 bits per heavy atom. The van der Waals surface area contributed by atoms with Gasteiger partial charge >= 0.3 is 0 Å². The molecule has 1 aliphatic heterocycles. The van der Waals surface area contributed by atoms with Crippen LogP contribution in [0, 0.1) is 0 Å². The zero-order chi connectivity index (χ0) is 15.3. The van der Waals surface area contributed by atoms with Crippen LogP contribution in [0.3, 0.4) is 0 Å². The number of aliphatic hydroxyl groups excluding tert-OH is 1. The molecule has 22 heavy (non-hydrogen) atoms. The van der Waals surface area contributed by atoms with E-state index in [4.69, 9.17) is 9.84 Å². The second kappa shape index (κ2) is 8.26. The second-order valence-corrected chi connectivity index (χ2v) is 4.93. The summed E-state index contributed by atoms with van der Waals surface area (Å²) in [6.07, 6.45) is -0.466. The number of hydrogen-bond donors (Lipinski definition) is 3. The van der Waals surface area contributed by atoms with Crippen molar-refractivity contribution >= 4 is 18.3 Å². The summed E-state index contributed by atoms with van der Waals surface area (Å²) in [5, 5.41) is 13.8. The molecule has 1 amide bonds. The average Bonchev–Trinajstić information content (AvgIpc) is 2.84. The van der Waals surface area contributed by atoms with Crippen molar-refractivity contribution in [2.24, 2.45) is 0 Å². The molecule has 3 N–H and O–H groups in total. The Labute approximate surface area is 133 Å². The Balaban J connectivity index is 0.00000242. The number of halogens is 3. The lowest BCUT2D eigenvalue weighted by Gasteiger charge is -2.11. The van der Waals surface area contributed by atoms with Crippen molar-refractivity contribution in [1.82, 2.24) is 10.6 Å². The van der Waals surface area contributed by atoms with Crippen molar-refractivity contribution in [3.8, 4) is 5.75 Å². The van der Waals surface area contributed by atoms with Gasteiger partial charge in [-0.2, -0.15) is 0 Å². The number of benzene rings is 1. The van der Waals surface area contributed by atoms with E-state index in [9.17, 15) is 13.6 Å². The first-order valence-corrected chi connectivity index (χ1v) is 6.72. The maximum absolute atomic E-state index is 13.0. The van der Waals surface area contributed by atoms with E-state index in [1.165, 1.54) is 0 Å². The number of carbonyl (C=O) groups excluding carboxylic acids is 1. The molecule has 0 aromatic heterocycles. The van der Waals surface area contributed by atoms with E-state index < -0.39 is 30.8 Å². The van der Waals surface area contributed by atoms with Crippen LogP contribution in [0.2, 0.25) is 0 Å². The summed E-state index contributed by atoms with van der Waals surface area (Å²) >= 11 is 0. The van der Waals surface area contributed by atoms with Gasteiger partial charge in [-0.1, -0.05) is 12.1 Å². The molecule has 1 aliphatic rings. The molecule has 2 rings (SSSR count). The van der Waals surface area contributed by atoms with E-state index in [0.717, 1.165) is 5.56 Å². The number of aliphatic hydroxyl groups is 1. The van der Waals surface area contributed by atoms with Gasteiger partial charge in [-0.25, -0.2) is 8.78 Å². The molecule has 1 heterocycles. The van der Waals surface area contributed by atoms with Gasteiger partial charge in [0.25, 0.3) is 5.92 Å². The predicted molar refractivity (Wildman–Crippen MR) is 79.5 cm³/mol. The van der Waals surface area contributed by atoms with Crippen LogP contribution >= 0.6 is 12.4 Å². The number of ether oxygens (including phenoxy) is 1. The summed E-state index contributed by atoms with van der Waals surface area (Å²) in [7, 11) is 0. The van der Waals surface area contributed by atoms with Crippen molar-refractivity contribution in [3.63, 3.8) is 0 Å². The molecule has 1 aromatic carbocycles. The quantitative estimate of drug-likeness (QED) is 0.727. The van der Waals surface area contributed by atoms with E-state index >= 15 is 0 Å². The Bertz CT molecular complexity index is 485. The fourth-order valence-corrected chi connectivity index (χ4v) is 2.08. The molecule has 1 fully saturated rings. The van der Waals surface area contributed by atoms with Gasteiger partial charge < -0.3 is 15.2 Å². The minimum Gasteiger partial charge on any atom is -0.491 e. The van der Waals surface area contributed by atoms with Crippen molar-refractivity contribution in [2.45, 2.75) is 24.9 Å². The van der Waals surface area contributed by atoms with Crippen LogP contribution in [0.4, 0.5) is 8.78 Å². The van der Waals surface area contributed by atoms with Gasteiger partial charge in [-0.3, -0.25) is 10.1 Å². The zero-order valence-corrected chi connectivity index (χ0v) is 12.7. The first kappa shape index (κ1) is 18.6. The number of hydrogen-bond acceptors (Lipinski definition) is 4. The summed E-state index contributed by atoms with van der Waals surface area (Å²) in [4.78, 5) is 11.8. The van der Waals surface area contributed by atoms with Crippen LogP contribution in [-0.2, 0) is 11.3 Å². The van der Waals surface area contributed by atoms with E-state index in [2.05, 4.69) is 10.6 Å². The molecule has 124 valence electrons. The van der Waals surface area contributed by atoms with E-state index in [0.29, 0.717) is 5.75 Å². The molecular formula is C14H19ClF2N2O3. The summed E-state index contributed by atoms with van der Waals surface area (Å²) in [5.41, 5.74) is 0.837. The lowest BCUT2D eigenvalue weighted by Crippen LogP contribution is -2.39. The molecule has 1 unspecified atom stereocenters. The largest absolute Gasteiger partial charge is 0.491 e. The van der Waals surface area contributed by atoms with E-state index in [1.54, 1.807) is 24.3 Å². The van der Waals surface area contributed by atoms with Crippen LogP contribution < -0.4 is 15.4 Å². The van der Waals surface area contributed by atoms with Crippen LogP contribution in [0.5, 0.6) is 5.75 Å². The van der Waals surface area contributed by atoms with Gasteiger partial charge in [0.1, 0.15) is 12.4 Å². The van der Waals surface area contributed by atoms with Crippen LogP contribution in [0.1, 0.15) is 12.0 Å². The van der Waals surface area contributed by atoms with Crippen LogP contribution in [-0.4, -0.2) is 42.7 Å². The molecule has 1 saturated heterocycles. The van der Waals surface area contributed by atoms with Gasteiger partial charge in [0, 0.05) is 13.0 Å². The lowest BCUT2D eigenvalue weighted by atomic mass is 10.1. The molecular weight excluding hydrogens is 318 g/mol. The van der Waals surface area contributed by atoms with Gasteiger partial charge in [0.2, 0.25) is 5.91 Å². The molecule has 5 nitrogen and oxygen atoms in total. The molecule has 0 aliphatic carbocycles. The first-order chi connectivity index (χ1) is 10.00. The third kappa shape index (κ3) is 5.40. The molecule has 0 bridgehead atoms. The van der Waals surface area contributed by atoms with Crippen LogP contribution in [0.25, 0.3) is 0 Å². The number of carbonyl (C=O) groups is 1. The standard InChI is InChI=1S/C14H18F2N2O3.ClH/c15-14(16)7-12(18-9-14)13(20)17-8-10-1-3-11(4-2-10)21-6-5-19;/h1-4,12,18-19H,5-9H2,(H,17,20);1H. The van der Waals surface area contributed by atoms with Gasteiger partial charge in [-0.05, 0) is 17.7 Å². The maximum atomic E-state index is 13.0. The number of amides is 1. The first-order valence-electron chi connectivity index (χ1n) is 6.72. The van der Waals surface area contributed by atoms with Crippen molar-refractivity contribution in [3.05, 3.63) is 29.8 Å². The third-order valence-electron chi connectivity index (χ3n) is 3.18. The minimum absolute atomic E-state index is 0. The predicted octanol–water partition coefficient (Wildman–Crippen LogP) is 1.09. The highest BCUT2D eigenvalue weighted by Crippen LogP contribution is 2.25. The topological polar surface area (TPSA) is 70.6 Å². The normalized spacial score (nSPS) is 19.3. The summed E-state index contributed by atoms with van der Waals surface area (Å²) < 4.78 is 31.2. The molecule has 1 atom stereocenters. The van der Waals surface area contributed by atoms with Gasteiger partial charge in [0.05, 0.1) is 19.2 Å². The Hall–Kier alpha value is -1.44. The molecule has 0 spiro atoms. The van der Waals surface area contributed by atoms with Crippen LogP contribution in [0.15, 0.2) is 24.3 Å². The van der Waals surface area contributed by atoms with E-state index in [-0.39, 0.29) is 32.2 Å². The Morgan fingerprint density at radius 1 is 1.41 bits per heavy atom. The maximum Gasteiger partial charge on any atom is 0.262 e. The molecule has 1 aromatic rings. The van der Waals surface area contributed by atoms with Gasteiger partial charge in [-0.15, -0.1) is 12.4 Å². The zero-order valence-electron chi connectivity index (χ0n) is 11.9.